The lowest BCUT2D eigenvalue weighted by molar-refractivity contribution is -0.140. The lowest BCUT2D eigenvalue weighted by atomic mass is 9.75. The second kappa shape index (κ2) is 6.72. The van der Waals surface area contributed by atoms with E-state index in [2.05, 4.69) is 35.3 Å². The number of aromatic nitrogens is 2. The first-order chi connectivity index (χ1) is 12.0. The lowest BCUT2D eigenvalue weighted by Gasteiger charge is -2.34. The van der Waals surface area contributed by atoms with Crippen molar-refractivity contribution in [3.8, 4) is 0 Å². The molecule has 2 aliphatic heterocycles. The molecule has 0 radical (unpaired) electrons. The van der Waals surface area contributed by atoms with Crippen molar-refractivity contribution in [2.75, 3.05) is 26.3 Å². The molecule has 2 fully saturated rings. The molecular formula is C19H30N4O2. The van der Waals surface area contributed by atoms with Crippen LogP contribution < -0.4 is 0 Å². The molecule has 1 amide bonds. The van der Waals surface area contributed by atoms with Gasteiger partial charge in [-0.2, -0.15) is 5.10 Å². The van der Waals surface area contributed by atoms with Gasteiger partial charge in [-0.15, -0.1) is 0 Å². The number of rotatable bonds is 4. The predicted molar refractivity (Wildman–Crippen MR) is 94.9 cm³/mol. The van der Waals surface area contributed by atoms with E-state index in [9.17, 15) is 4.79 Å². The van der Waals surface area contributed by atoms with Crippen LogP contribution in [0.1, 0.15) is 56.6 Å². The quantitative estimate of drug-likeness (QED) is 0.838. The molecule has 138 valence electrons. The molecule has 0 aromatic carbocycles. The Kier molecular flexibility index (Phi) is 4.58. The van der Waals surface area contributed by atoms with E-state index in [0.29, 0.717) is 17.9 Å². The smallest absolute Gasteiger partial charge is 0.226 e. The molecule has 1 saturated heterocycles. The number of amides is 1. The van der Waals surface area contributed by atoms with Crippen LogP contribution in [0.15, 0.2) is 0 Å². The number of ether oxygens (including phenoxy) is 1. The molecule has 6 heteroatoms. The summed E-state index contributed by atoms with van der Waals surface area (Å²) in [6.07, 6.45) is 2.12. The summed E-state index contributed by atoms with van der Waals surface area (Å²) in [7, 11) is 0. The zero-order chi connectivity index (χ0) is 17.6. The summed E-state index contributed by atoms with van der Waals surface area (Å²) in [5.74, 6) is 1.31. The van der Waals surface area contributed by atoms with E-state index in [1.807, 2.05) is 0 Å². The normalized spacial score (nSPS) is 26.8. The van der Waals surface area contributed by atoms with E-state index in [1.54, 1.807) is 0 Å². The second-order valence-electron chi connectivity index (χ2n) is 8.27. The number of carbonyl (C=O) groups is 1. The molecule has 4 rings (SSSR count). The minimum Gasteiger partial charge on any atom is -0.379 e. The van der Waals surface area contributed by atoms with Gasteiger partial charge in [-0.05, 0) is 32.6 Å². The summed E-state index contributed by atoms with van der Waals surface area (Å²) in [6, 6.07) is 0.325. The van der Waals surface area contributed by atoms with Crippen molar-refractivity contribution in [1.29, 1.82) is 0 Å². The van der Waals surface area contributed by atoms with Crippen LogP contribution in [0.25, 0.3) is 0 Å². The highest BCUT2D eigenvalue weighted by molar-refractivity contribution is 5.80. The summed E-state index contributed by atoms with van der Waals surface area (Å²) in [5.41, 5.74) is 3.70. The number of morpholine rings is 1. The van der Waals surface area contributed by atoms with Gasteiger partial charge in [0.15, 0.2) is 0 Å². The van der Waals surface area contributed by atoms with Crippen molar-refractivity contribution in [3.63, 3.8) is 0 Å². The van der Waals surface area contributed by atoms with Gasteiger partial charge >= 0.3 is 0 Å². The maximum Gasteiger partial charge on any atom is 0.226 e. The van der Waals surface area contributed by atoms with Crippen molar-refractivity contribution < 1.29 is 9.53 Å². The Morgan fingerprint density at radius 3 is 2.60 bits per heavy atom. The number of fused-ring (bicyclic) bond motifs is 1. The average Bonchev–Trinajstić information content (AvgIpc) is 3.13. The van der Waals surface area contributed by atoms with Crippen LogP contribution in [-0.2, 0) is 29.2 Å². The standard InChI is InChI=1S/C19H30N4O2/c1-13(2)23-18-12-22(19(24)15-8-14(3)9-15)10-16(18)17(20-23)11-21-4-6-25-7-5-21/h13-15H,4-12H2,1-3H3. The Labute approximate surface area is 150 Å². The number of hydrogen-bond acceptors (Lipinski definition) is 4. The molecule has 3 heterocycles. The Morgan fingerprint density at radius 1 is 1.24 bits per heavy atom. The van der Waals surface area contributed by atoms with Gasteiger partial charge in [0.05, 0.1) is 31.1 Å². The summed E-state index contributed by atoms with van der Waals surface area (Å²) in [4.78, 5) is 17.3. The largest absolute Gasteiger partial charge is 0.379 e. The van der Waals surface area contributed by atoms with E-state index in [1.165, 1.54) is 11.3 Å². The van der Waals surface area contributed by atoms with Gasteiger partial charge in [-0.1, -0.05) is 6.92 Å². The van der Waals surface area contributed by atoms with Crippen LogP contribution in [-0.4, -0.2) is 51.8 Å². The van der Waals surface area contributed by atoms with Gasteiger partial charge in [-0.3, -0.25) is 14.4 Å². The fourth-order valence-corrected chi connectivity index (χ4v) is 4.38. The Balaban J connectivity index is 1.52. The first-order valence-electron chi connectivity index (χ1n) is 9.71. The maximum absolute atomic E-state index is 12.8. The maximum atomic E-state index is 12.8. The average molecular weight is 346 g/mol. The van der Waals surface area contributed by atoms with Crippen molar-refractivity contribution in [1.82, 2.24) is 19.6 Å². The summed E-state index contributed by atoms with van der Waals surface area (Å²) < 4.78 is 7.60. The van der Waals surface area contributed by atoms with Gasteiger partial charge in [-0.25, -0.2) is 0 Å². The zero-order valence-corrected chi connectivity index (χ0v) is 15.7. The lowest BCUT2D eigenvalue weighted by Crippen LogP contribution is -2.39. The van der Waals surface area contributed by atoms with Crippen LogP contribution in [0.4, 0.5) is 0 Å². The van der Waals surface area contributed by atoms with Crippen molar-refractivity contribution >= 4 is 5.91 Å². The molecule has 1 saturated carbocycles. The molecule has 1 aromatic rings. The Bertz CT molecular complexity index is 642. The van der Waals surface area contributed by atoms with Crippen LogP contribution in [0.3, 0.4) is 0 Å². The van der Waals surface area contributed by atoms with Crippen molar-refractivity contribution in [3.05, 3.63) is 17.0 Å². The van der Waals surface area contributed by atoms with Gasteiger partial charge in [0.2, 0.25) is 5.91 Å². The molecule has 0 atom stereocenters. The second-order valence-corrected chi connectivity index (χ2v) is 8.27. The fraction of sp³-hybridized carbons (Fsp3) is 0.789. The van der Waals surface area contributed by atoms with E-state index in [4.69, 9.17) is 9.84 Å². The van der Waals surface area contributed by atoms with E-state index in [0.717, 1.165) is 64.5 Å². The third kappa shape index (κ3) is 3.22. The van der Waals surface area contributed by atoms with E-state index >= 15 is 0 Å². The van der Waals surface area contributed by atoms with Crippen LogP contribution in [0.2, 0.25) is 0 Å². The van der Waals surface area contributed by atoms with Gasteiger partial charge in [0, 0.05) is 43.7 Å². The molecule has 0 N–H and O–H groups in total. The van der Waals surface area contributed by atoms with Gasteiger partial charge in [0.1, 0.15) is 0 Å². The first kappa shape index (κ1) is 17.0. The third-order valence-corrected chi connectivity index (χ3v) is 5.89. The minimum absolute atomic E-state index is 0.252. The van der Waals surface area contributed by atoms with Crippen LogP contribution in [0, 0.1) is 11.8 Å². The minimum atomic E-state index is 0.252. The monoisotopic (exact) mass is 346 g/mol. The van der Waals surface area contributed by atoms with Gasteiger partial charge in [0.25, 0.3) is 0 Å². The number of nitrogens with zero attached hydrogens (tertiary/aromatic N) is 4. The topological polar surface area (TPSA) is 50.6 Å². The van der Waals surface area contributed by atoms with Gasteiger partial charge < -0.3 is 9.64 Å². The first-order valence-corrected chi connectivity index (χ1v) is 9.71. The molecule has 6 nitrogen and oxygen atoms in total. The SMILES string of the molecule is CC1CC(C(=O)N2Cc3c(CN4CCOCC4)nn(C(C)C)c3C2)C1. The Hall–Kier alpha value is -1.40. The molecule has 25 heavy (non-hydrogen) atoms. The molecule has 0 bridgehead atoms. The summed E-state index contributed by atoms with van der Waals surface area (Å²) in [6.45, 7) is 12.5. The molecule has 0 unspecified atom stereocenters. The van der Waals surface area contributed by atoms with Crippen molar-refractivity contribution in [2.45, 2.75) is 59.3 Å². The summed E-state index contributed by atoms with van der Waals surface area (Å²) >= 11 is 0. The molecule has 3 aliphatic rings. The highest BCUT2D eigenvalue weighted by atomic mass is 16.5. The number of hydrogen-bond donors (Lipinski definition) is 0. The zero-order valence-electron chi connectivity index (χ0n) is 15.7. The predicted octanol–water partition coefficient (Wildman–Crippen LogP) is 2.18. The van der Waals surface area contributed by atoms with Crippen LogP contribution in [0.5, 0.6) is 0 Å². The highest BCUT2D eigenvalue weighted by Crippen LogP contribution is 2.37. The van der Waals surface area contributed by atoms with Crippen LogP contribution >= 0.6 is 0 Å². The molecular weight excluding hydrogens is 316 g/mol. The fourth-order valence-electron chi connectivity index (χ4n) is 4.38. The highest BCUT2D eigenvalue weighted by Gasteiger charge is 2.38. The third-order valence-electron chi connectivity index (χ3n) is 5.89. The van der Waals surface area contributed by atoms with E-state index in [-0.39, 0.29) is 5.92 Å². The van der Waals surface area contributed by atoms with E-state index < -0.39 is 0 Å². The molecule has 1 aliphatic carbocycles. The van der Waals surface area contributed by atoms with Crippen molar-refractivity contribution in [2.24, 2.45) is 11.8 Å². The molecule has 0 spiro atoms. The Morgan fingerprint density at radius 2 is 1.96 bits per heavy atom. The molecule has 1 aromatic heterocycles. The summed E-state index contributed by atoms with van der Waals surface area (Å²) in [5, 5.41) is 4.91. The number of carbonyl (C=O) groups excluding carboxylic acids is 1.